The molecular formula is C16H12Cl2N2O2S. The van der Waals surface area contributed by atoms with Crippen molar-refractivity contribution in [3.63, 3.8) is 0 Å². The van der Waals surface area contributed by atoms with Gasteiger partial charge in [-0.2, -0.15) is 0 Å². The summed E-state index contributed by atoms with van der Waals surface area (Å²) >= 11 is 13.0. The lowest BCUT2D eigenvalue weighted by Crippen LogP contribution is -2.33. The number of nitrogens with zero attached hydrogens (tertiary/aromatic N) is 1. The van der Waals surface area contributed by atoms with Gasteiger partial charge in [-0.25, -0.2) is 0 Å². The number of hydrogen-bond acceptors (Lipinski definition) is 4. The number of hydrogen-bond donors (Lipinski definition) is 1. The van der Waals surface area contributed by atoms with Gasteiger partial charge in [0.25, 0.3) is 11.1 Å². The molecule has 0 bridgehead atoms. The quantitative estimate of drug-likeness (QED) is 0.856. The molecule has 2 aromatic carbocycles. The summed E-state index contributed by atoms with van der Waals surface area (Å²) in [6.45, 7) is 0.257. The lowest BCUT2D eigenvalue weighted by molar-refractivity contribution is -0.126. The first-order chi connectivity index (χ1) is 11.1. The van der Waals surface area contributed by atoms with Crippen molar-refractivity contribution in [2.75, 3.05) is 5.32 Å². The van der Waals surface area contributed by atoms with Gasteiger partial charge >= 0.3 is 0 Å². The van der Waals surface area contributed by atoms with Gasteiger partial charge in [0.2, 0.25) is 0 Å². The van der Waals surface area contributed by atoms with E-state index < -0.39 is 5.37 Å². The first-order valence-electron chi connectivity index (χ1n) is 6.83. The Morgan fingerprint density at radius 2 is 1.78 bits per heavy atom. The molecule has 1 fully saturated rings. The highest BCUT2D eigenvalue weighted by molar-refractivity contribution is 8.15. The van der Waals surface area contributed by atoms with Crippen molar-refractivity contribution in [1.29, 1.82) is 0 Å². The molecule has 0 aromatic heterocycles. The van der Waals surface area contributed by atoms with E-state index in [2.05, 4.69) is 5.32 Å². The van der Waals surface area contributed by atoms with Gasteiger partial charge in [0, 0.05) is 0 Å². The van der Waals surface area contributed by atoms with Crippen molar-refractivity contribution in [1.82, 2.24) is 4.90 Å². The van der Waals surface area contributed by atoms with Crippen LogP contribution in [0.3, 0.4) is 0 Å². The molecule has 0 spiro atoms. The molecule has 23 heavy (non-hydrogen) atoms. The van der Waals surface area contributed by atoms with E-state index in [1.54, 1.807) is 18.2 Å². The summed E-state index contributed by atoms with van der Waals surface area (Å²) < 4.78 is 0. The number of imide groups is 1. The van der Waals surface area contributed by atoms with Crippen LogP contribution in [0.25, 0.3) is 0 Å². The topological polar surface area (TPSA) is 49.4 Å². The van der Waals surface area contributed by atoms with Crippen LogP contribution in [0, 0.1) is 0 Å². The monoisotopic (exact) mass is 366 g/mol. The van der Waals surface area contributed by atoms with E-state index in [4.69, 9.17) is 23.2 Å². The third-order valence-electron chi connectivity index (χ3n) is 3.35. The Hall–Kier alpha value is -1.69. The Bertz CT molecular complexity index is 755. The molecule has 0 aliphatic carbocycles. The number of nitrogens with one attached hydrogen (secondary N) is 1. The lowest BCUT2D eigenvalue weighted by atomic mass is 10.2. The predicted molar refractivity (Wildman–Crippen MR) is 93.9 cm³/mol. The molecule has 4 nitrogen and oxygen atoms in total. The van der Waals surface area contributed by atoms with Crippen LogP contribution in [0.5, 0.6) is 0 Å². The zero-order chi connectivity index (χ0) is 16.4. The standard InChI is InChI=1S/C16H12Cl2N2O2S/c17-11-7-4-8-12(13(11)18)19-14-15(21)20(16(22)23-14)9-10-5-2-1-3-6-10/h1-8,14,19H,9H2. The first kappa shape index (κ1) is 16.2. The van der Waals surface area contributed by atoms with Crippen molar-refractivity contribution >= 4 is 51.8 Å². The smallest absolute Gasteiger partial charge is 0.291 e. The predicted octanol–water partition coefficient (Wildman–Crippen LogP) is 4.63. The van der Waals surface area contributed by atoms with Crippen LogP contribution in [0.4, 0.5) is 10.5 Å². The molecule has 1 aliphatic rings. The van der Waals surface area contributed by atoms with E-state index in [-0.39, 0.29) is 17.7 Å². The molecule has 2 amide bonds. The normalized spacial score (nSPS) is 17.7. The van der Waals surface area contributed by atoms with Crippen LogP contribution in [-0.4, -0.2) is 21.4 Å². The molecule has 1 aliphatic heterocycles. The van der Waals surface area contributed by atoms with Crippen LogP contribution >= 0.6 is 35.0 Å². The second-order valence-electron chi connectivity index (χ2n) is 4.92. The second-order valence-corrected chi connectivity index (χ2v) is 6.76. The average Bonchev–Trinajstić information content (AvgIpc) is 2.80. The highest BCUT2D eigenvalue weighted by Gasteiger charge is 2.39. The van der Waals surface area contributed by atoms with E-state index in [9.17, 15) is 9.59 Å². The van der Waals surface area contributed by atoms with Crippen molar-refractivity contribution in [3.8, 4) is 0 Å². The fourth-order valence-electron chi connectivity index (χ4n) is 2.20. The molecule has 1 unspecified atom stereocenters. The summed E-state index contributed by atoms with van der Waals surface area (Å²) in [6.07, 6.45) is 0. The summed E-state index contributed by atoms with van der Waals surface area (Å²) in [5, 5.41) is 2.71. The Kier molecular flexibility index (Phi) is 4.80. The van der Waals surface area contributed by atoms with E-state index in [1.165, 1.54) is 4.90 Å². The number of thioether (sulfide) groups is 1. The van der Waals surface area contributed by atoms with Crippen LogP contribution in [0.1, 0.15) is 5.56 Å². The number of carbonyl (C=O) groups excluding carboxylic acids is 2. The molecule has 7 heteroatoms. The molecule has 118 valence electrons. The third-order valence-corrected chi connectivity index (χ3v) is 5.15. The Labute approximate surface area is 147 Å². The van der Waals surface area contributed by atoms with Crippen molar-refractivity contribution < 1.29 is 9.59 Å². The van der Waals surface area contributed by atoms with Crippen molar-refractivity contribution in [2.24, 2.45) is 0 Å². The second kappa shape index (κ2) is 6.83. The average molecular weight is 367 g/mol. The number of benzene rings is 2. The van der Waals surface area contributed by atoms with Crippen molar-refractivity contribution in [3.05, 3.63) is 64.1 Å². The minimum absolute atomic E-state index is 0.257. The zero-order valence-corrected chi connectivity index (χ0v) is 14.2. The molecule has 1 heterocycles. The molecule has 1 atom stereocenters. The van der Waals surface area contributed by atoms with E-state index in [1.807, 2.05) is 30.3 Å². The summed E-state index contributed by atoms with van der Waals surface area (Å²) in [5.74, 6) is -0.292. The van der Waals surface area contributed by atoms with Gasteiger partial charge in [0.05, 0.1) is 22.3 Å². The molecule has 0 saturated carbocycles. The van der Waals surface area contributed by atoms with Gasteiger partial charge in [-0.1, -0.05) is 59.6 Å². The van der Waals surface area contributed by atoms with Gasteiger partial charge in [-0.05, 0) is 29.5 Å². The molecule has 1 N–H and O–H groups in total. The van der Waals surface area contributed by atoms with Crippen LogP contribution in [0.2, 0.25) is 10.0 Å². The first-order valence-corrected chi connectivity index (χ1v) is 8.46. The molecular weight excluding hydrogens is 355 g/mol. The molecule has 2 aromatic rings. The number of amides is 2. The lowest BCUT2D eigenvalue weighted by Gasteiger charge is -2.15. The SMILES string of the molecule is O=C1SC(Nc2cccc(Cl)c2Cl)C(=O)N1Cc1ccccc1. The van der Waals surface area contributed by atoms with Gasteiger partial charge in [-0.15, -0.1) is 0 Å². The van der Waals surface area contributed by atoms with Crippen LogP contribution in [-0.2, 0) is 11.3 Å². The van der Waals surface area contributed by atoms with Crippen LogP contribution in [0.15, 0.2) is 48.5 Å². The van der Waals surface area contributed by atoms with E-state index >= 15 is 0 Å². The highest BCUT2D eigenvalue weighted by atomic mass is 35.5. The Morgan fingerprint density at radius 3 is 2.52 bits per heavy atom. The summed E-state index contributed by atoms with van der Waals surface area (Å²) in [4.78, 5) is 25.8. The Balaban J connectivity index is 1.75. The summed E-state index contributed by atoms with van der Waals surface area (Å²) in [7, 11) is 0. The van der Waals surface area contributed by atoms with Crippen LogP contribution < -0.4 is 5.32 Å². The Morgan fingerprint density at radius 1 is 1.04 bits per heavy atom. The molecule has 0 radical (unpaired) electrons. The number of rotatable bonds is 4. The number of halogens is 2. The van der Waals surface area contributed by atoms with Gasteiger partial charge in [0.15, 0.2) is 5.37 Å². The van der Waals surface area contributed by atoms with E-state index in [0.717, 1.165) is 17.3 Å². The maximum Gasteiger partial charge on any atom is 0.291 e. The fraction of sp³-hybridized carbons (Fsp3) is 0.125. The van der Waals surface area contributed by atoms with Gasteiger partial charge < -0.3 is 5.32 Å². The maximum absolute atomic E-state index is 12.5. The van der Waals surface area contributed by atoms with Gasteiger partial charge in [-0.3, -0.25) is 14.5 Å². The minimum atomic E-state index is -0.706. The van der Waals surface area contributed by atoms with Crippen molar-refractivity contribution in [2.45, 2.75) is 11.9 Å². The molecule has 3 rings (SSSR count). The van der Waals surface area contributed by atoms with E-state index in [0.29, 0.717) is 15.7 Å². The summed E-state index contributed by atoms with van der Waals surface area (Å²) in [6, 6.07) is 14.5. The third kappa shape index (κ3) is 3.47. The summed E-state index contributed by atoms with van der Waals surface area (Å²) in [5.41, 5.74) is 1.43. The van der Waals surface area contributed by atoms with Gasteiger partial charge in [0.1, 0.15) is 0 Å². The highest BCUT2D eigenvalue weighted by Crippen LogP contribution is 2.34. The maximum atomic E-state index is 12.5. The minimum Gasteiger partial charge on any atom is -0.364 e. The largest absolute Gasteiger partial charge is 0.364 e. The fourth-order valence-corrected chi connectivity index (χ4v) is 3.45. The zero-order valence-electron chi connectivity index (χ0n) is 11.8. The number of anilines is 1. The number of carbonyl (C=O) groups is 2. The molecule has 1 saturated heterocycles.